The van der Waals surface area contributed by atoms with Crippen LogP contribution in [-0.4, -0.2) is 29.8 Å². The van der Waals surface area contributed by atoms with E-state index in [1.807, 2.05) is 19.3 Å². The summed E-state index contributed by atoms with van der Waals surface area (Å²) >= 11 is 1.81. The summed E-state index contributed by atoms with van der Waals surface area (Å²) in [5, 5.41) is 18.3. The van der Waals surface area contributed by atoms with Gasteiger partial charge in [0.25, 0.3) is 0 Å². The Kier molecular flexibility index (Phi) is 5.01. The van der Waals surface area contributed by atoms with Crippen LogP contribution >= 0.6 is 11.3 Å². The van der Waals surface area contributed by atoms with Crippen LogP contribution in [0, 0.1) is 6.92 Å². The topological polar surface area (TPSA) is 79.1 Å². The van der Waals surface area contributed by atoms with E-state index >= 15 is 0 Å². The number of nitrogens with one attached hydrogen (secondary N) is 1. The van der Waals surface area contributed by atoms with Crippen molar-refractivity contribution in [2.75, 3.05) is 5.32 Å². The molecule has 1 aliphatic carbocycles. The molecule has 4 aromatic rings. The summed E-state index contributed by atoms with van der Waals surface area (Å²) in [6.07, 6.45) is 7.50. The van der Waals surface area contributed by atoms with Crippen molar-refractivity contribution in [1.82, 2.24) is 24.6 Å². The van der Waals surface area contributed by atoms with Crippen molar-refractivity contribution in [2.24, 2.45) is 7.05 Å². The summed E-state index contributed by atoms with van der Waals surface area (Å²) in [7, 11) is 1.87. The second-order valence-corrected chi connectivity index (χ2v) is 10.1. The molecule has 1 saturated carbocycles. The van der Waals surface area contributed by atoms with Crippen molar-refractivity contribution < 1.29 is 5.11 Å². The van der Waals surface area contributed by atoms with Crippen LogP contribution in [0.25, 0.3) is 11.3 Å². The van der Waals surface area contributed by atoms with Gasteiger partial charge in [-0.1, -0.05) is 12.1 Å². The fourth-order valence-corrected chi connectivity index (χ4v) is 5.80. The molecule has 1 aliphatic heterocycles. The first-order chi connectivity index (χ1) is 16.0. The van der Waals surface area contributed by atoms with Crippen molar-refractivity contribution in [2.45, 2.75) is 45.0 Å². The number of rotatable bonds is 6. The number of aliphatic hydroxyl groups is 1. The van der Waals surface area contributed by atoms with Crippen molar-refractivity contribution in [3.8, 4) is 11.3 Å². The molecule has 168 valence electrons. The fourth-order valence-electron chi connectivity index (χ4n) is 4.44. The number of benzene rings is 1. The number of aromatic nitrogens is 4. The van der Waals surface area contributed by atoms with E-state index in [1.165, 1.54) is 34.4 Å². The molecule has 0 amide bonds. The zero-order valence-electron chi connectivity index (χ0n) is 18.7. The van der Waals surface area contributed by atoms with Gasteiger partial charge in [-0.2, -0.15) is 5.10 Å². The van der Waals surface area contributed by atoms with Crippen LogP contribution in [0.15, 0.2) is 48.9 Å². The van der Waals surface area contributed by atoms with Crippen LogP contribution in [0.4, 0.5) is 11.6 Å². The van der Waals surface area contributed by atoms with Crippen LogP contribution < -0.4 is 5.32 Å². The molecule has 8 heteroatoms. The van der Waals surface area contributed by atoms with Gasteiger partial charge in [0.1, 0.15) is 6.23 Å². The van der Waals surface area contributed by atoms with Gasteiger partial charge in [-0.05, 0) is 60.6 Å². The molecule has 0 spiro atoms. The Labute approximate surface area is 196 Å². The van der Waals surface area contributed by atoms with E-state index in [2.05, 4.69) is 56.5 Å². The van der Waals surface area contributed by atoms with Crippen LogP contribution in [0.3, 0.4) is 0 Å². The summed E-state index contributed by atoms with van der Waals surface area (Å²) in [6.45, 7) is 3.67. The van der Waals surface area contributed by atoms with E-state index in [4.69, 9.17) is 0 Å². The van der Waals surface area contributed by atoms with Gasteiger partial charge in [-0.15, -0.1) is 11.3 Å². The number of fused-ring (bicyclic) bond motifs is 1. The zero-order chi connectivity index (χ0) is 22.5. The molecule has 1 unspecified atom stereocenters. The van der Waals surface area contributed by atoms with E-state index in [0.717, 1.165) is 40.8 Å². The number of aryl methyl sites for hydroxylation is 2. The summed E-state index contributed by atoms with van der Waals surface area (Å²) in [5.41, 5.74) is 6.47. The Morgan fingerprint density at radius 1 is 1.21 bits per heavy atom. The molecule has 4 heterocycles. The molecule has 6 rings (SSSR count). The van der Waals surface area contributed by atoms with Crippen LogP contribution in [0.1, 0.15) is 51.4 Å². The van der Waals surface area contributed by atoms with Crippen molar-refractivity contribution in [3.05, 3.63) is 75.4 Å². The highest BCUT2D eigenvalue weighted by atomic mass is 32.1. The highest BCUT2D eigenvalue weighted by Gasteiger charge is 2.34. The van der Waals surface area contributed by atoms with E-state index in [1.54, 1.807) is 28.4 Å². The first-order valence-corrected chi connectivity index (χ1v) is 12.1. The van der Waals surface area contributed by atoms with Gasteiger partial charge in [-0.3, -0.25) is 9.58 Å². The Morgan fingerprint density at radius 3 is 2.82 bits per heavy atom. The summed E-state index contributed by atoms with van der Waals surface area (Å²) in [4.78, 5) is 13.8. The fraction of sp³-hybridized carbons (Fsp3) is 0.320. The van der Waals surface area contributed by atoms with Gasteiger partial charge in [0.15, 0.2) is 0 Å². The lowest BCUT2D eigenvalue weighted by Gasteiger charge is -2.22. The van der Waals surface area contributed by atoms with Gasteiger partial charge in [0.05, 0.1) is 22.5 Å². The predicted molar refractivity (Wildman–Crippen MR) is 129 cm³/mol. The van der Waals surface area contributed by atoms with Gasteiger partial charge in [0, 0.05) is 43.0 Å². The lowest BCUT2D eigenvalue weighted by atomic mass is 10.0. The molecule has 1 aromatic carbocycles. The third-order valence-corrected chi connectivity index (χ3v) is 7.80. The maximum atomic E-state index is 10.9. The molecular formula is C25H26N6OS. The first kappa shape index (κ1) is 20.5. The Balaban J connectivity index is 1.17. The van der Waals surface area contributed by atoms with E-state index in [9.17, 15) is 5.11 Å². The summed E-state index contributed by atoms with van der Waals surface area (Å²) in [5.74, 6) is 1.29. The largest absolute Gasteiger partial charge is 0.373 e. The monoisotopic (exact) mass is 458 g/mol. The van der Waals surface area contributed by atoms with Crippen LogP contribution in [0.5, 0.6) is 0 Å². The molecule has 0 bridgehead atoms. The van der Waals surface area contributed by atoms with Gasteiger partial charge in [0.2, 0.25) is 5.95 Å². The normalized spacial score (nSPS) is 18.0. The molecule has 1 fully saturated rings. The van der Waals surface area contributed by atoms with Crippen LogP contribution in [0.2, 0.25) is 0 Å². The minimum Gasteiger partial charge on any atom is -0.373 e. The number of thiophene rings is 1. The molecule has 3 aromatic heterocycles. The predicted octanol–water partition coefficient (Wildman–Crippen LogP) is 4.87. The minimum absolute atomic E-state index is 0.500. The number of anilines is 2. The zero-order valence-corrected chi connectivity index (χ0v) is 19.5. The number of hydrogen-bond donors (Lipinski definition) is 2. The average molecular weight is 459 g/mol. The molecule has 0 saturated heterocycles. The average Bonchev–Trinajstić information content (AvgIpc) is 3.35. The summed E-state index contributed by atoms with van der Waals surface area (Å²) in [6, 6.07) is 10.7. The molecule has 7 nitrogen and oxygen atoms in total. The second kappa shape index (κ2) is 8.06. The smallest absolute Gasteiger partial charge is 0.227 e. The maximum Gasteiger partial charge on any atom is 0.227 e. The standard InChI is InChI=1S/C25H26N6OS/c1-15-9-17(21-7-8-26-25(29-21)28-20-11-27-30(2)14-20)5-6-18(15)12-31-13-19-10-22(16-3-4-16)33-23(19)24(31)32/h5-11,14,16,24,32H,3-4,12-13H2,1-2H3,(H,26,28,29). The molecule has 1 atom stereocenters. The summed E-state index contributed by atoms with van der Waals surface area (Å²) < 4.78 is 1.73. The SMILES string of the molecule is Cc1cc(-c2ccnc(Nc3cnn(C)c3)n2)ccc1CN1Cc2cc(C3CC3)sc2C1O. The first-order valence-electron chi connectivity index (χ1n) is 11.3. The third-order valence-electron chi connectivity index (χ3n) is 6.42. The molecule has 0 radical (unpaired) electrons. The second-order valence-electron chi connectivity index (χ2n) is 9.03. The third kappa shape index (κ3) is 4.06. The molecule has 33 heavy (non-hydrogen) atoms. The molecule has 2 aliphatic rings. The van der Waals surface area contributed by atoms with Crippen molar-refractivity contribution in [3.63, 3.8) is 0 Å². The highest BCUT2D eigenvalue weighted by molar-refractivity contribution is 7.12. The maximum absolute atomic E-state index is 10.9. The Bertz CT molecular complexity index is 1320. The minimum atomic E-state index is -0.500. The Morgan fingerprint density at radius 2 is 2.09 bits per heavy atom. The number of hydrogen-bond acceptors (Lipinski definition) is 7. The van der Waals surface area contributed by atoms with Crippen LogP contribution in [-0.2, 0) is 20.1 Å². The number of aliphatic hydroxyl groups excluding tert-OH is 1. The van der Waals surface area contributed by atoms with E-state index in [-0.39, 0.29) is 0 Å². The Hall–Kier alpha value is -3.07. The van der Waals surface area contributed by atoms with E-state index in [0.29, 0.717) is 5.95 Å². The number of nitrogens with zero attached hydrogens (tertiary/aromatic N) is 5. The molecular weight excluding hydrogens is 432 g/mol. The van der Waals surface area contributed by atoms with Gasteiger partial charge < -0.3 is 10.4 Å². The lowest BCUT2D eigenvalue weighted by Crippen LogP contribution is -2.21. The van der Waals surface area contributed by atoms with Gasteiger partial charge in [-0.25, -0.2) is 9.97 Å². The van der Waals surface area contributed by atoms with Gasteiger partial charge >= 0.3 is 0 Å². The van der Waals surface area contributed by atoms with E-state index < -0.39 is 6.23 Å². The van der Waals surface area contributed by atoms with Crippen molar-refractivity contribution >= 4 is 23.0 Å². The molecule has 2 N–H and O–H groups in total. The lowest BCUT2D eigenvalue weighted by molar-refractivity contribution is 0.00956. The highest BCUT2D eigenvalue weighted by Crippen LogP contribution is 2.48. The van der Waals surface area contributed by atoms with Crippen molar-refractivity contribution in [1.29, 1.82) is 0 Å². The quantitative estimate of drug-likeness (QED) is 0.429.